The van der Waals surface area contributed by atoms with Crippen molar-refractivity contribution < 1.29 is 9.53 Å². The molecule has 3 heteroatoms. The smallest absolute Gasteiger partial charge is 0.145 e. The van der Waals surface area contributed by atoms with Gasteiger partial charge in [-0.3, -0.25) is 9.78 Å². The molecule has 2 fully saturated rings. The number of aromatic nitrogens is 1. The Bertz CT molecular complexity index is 847. The molecule has 0 saturated heterocycles. The Morgan fingerprint density at radius 1 is 1.12 bits per heavy atom. The minimum Gasteiger partial charge on any atom is -0.456 e. The molecule has 3 aliphatic rings. The maximum atomic E-state index is 12.4. The Labute approximate surface area is 154 Å². The van der Waals surface area contributed by atoms with E-state index < -0.39 is 0 Å². The largest absolute Gasteiger partial charge is 0.456 e. The fourth-order valence-corrected chi connectivity index (χ4v) is 5.94. The van der Waals surface area contributed by atoms with Crippen molar-refractivity contribution in [2.24, 2.45) is 17.3 Å². The van der Waals surface area contributed by atoms with Gasteiger partial charge in [0.05, 0.1) is 6.20 Å². The molecule has 134 valence electrons. The first kappa shape index (κ1) is 16.0. The quantitative estimate of drug-likeness (QED) is 0.740. The van der Waals surface area contributed by atoms with E-state index in [1.165, 1.54) is 17.5 Å². The van der Waals surface area contributed by atoms with E-state index in [4.69, 9.17) is 4.74 Å². The highest BCUT2D eigenvalue weighted by Gasteiger charge is 2.54. The zero-order valence-corrected chi connectivity index (χ0v) is 15.3. The summed E-state index contributed by atoms with van der Waals surface area (Å²) in [6.07, 6.45) is 9.93. The van der Waals surface area contributed by atoms with Crippen LogP contribution in [-0.4, -0.2) is 10.8 Å². The minimum absolute atomic E-state index is 0.0397. The zero-order chi connectivity index (χ0) is 17.7. The summed E-state index contributed by atoms with van der Waals surface area (Å²) in [4.78, 5) is 16.6. The third-order valence-electron chi connectivity index (χ3n) is 7.28. The zero-order valence-electron chi connectivity index (χ0n) is 15.3. The lowest BCUT2D eigenvalue weighted by Gasteiger charge is -2.48. The summed E-state index contributed by atoms with van der Waals surface area (Å²) < 4.78 is 5.97. The van der Waals surface area contributed by atoms with E-state index in [2.05, 4.69) is 30.1 Å². The highest BCUT2D eigenvalue weighted by Crippen LogP contribution is 2.59. The molecule has 0 aliphatic heterocycles. The second kappa shape index (κ2) is 5.94. The average Bonchev–Trinajstić information content (AvgIpc) is 2.97. The molecule has 2 aromatic rings. The average molecular weight is 347 g/mol. The molecule has 0 radical (unpaired) electrons. The molecule has 3 nitrogen and oxygen atoms in total. The fraction of sp³-hybridized carbons (Fsp3) is 0.478. The summed E-state index contributed by atoms with van der Waals surface area (Å²) in [5.74, 6) is 4.08. The van der Waals surface area contributed by atoms with Gasteiger partial charge in [0.2, 0.25) is 0 Å². The van der Waals surface area contributed by atoms with Gasteiger partial charge in [0.1, 0.15) is 17.3 Å². The molecule has 26 heavy (non-hydrogen) atoms. The Hall–Kier alpha value is -2.16. The van der Waals surface area contributed by atoms with Crippen LogP contribution >= 0.6 is 0 Å². The Kier molecular flexibility index (Phi) is 3.66. The summed E-state index contributed by atoms with van der Waals surface area (Å²) in [6, 6.07) is 10.4. The number of Topliss-reactive ketones (excluding diaryl/α,β-unsaturated/α-hetero) is 1. The van der Waals surface area contributed by atoms with Crippen LogP contribution in [0.2, 0.25) is 0 Å². The van der Waals surface area contributed by atoms with E-state index in [0.29, 0.717) is 23.5 Å². The number of pyridine rings is 1. The molecule has 5 rings (SSSR count). The van der Waals surface area contributed by atoms with Crippen LogP contribution in [0.4, 0.5) is 0 Å². The van der Waals surface area contributed by atoms with Crippen LogP contribution in [0.3, 0.4) is 0 Å². The maximum absolute atomic E-state index is 12.4. The van der Waals surface area contributed by atoms with Gasteiger partial charge in [-0.1, -0.05) is 13.0 Å². The van der Waals surface area contributed by atoms with Gasteiger partial charge in [0.25, 0.3) is 0 Å². The highest BCUT2D eigenvalue weighted by atomic mass is 16.5. The van der Waals surface area contributed by atoms with E-state index in [1.807, 2.05) is 12.1 Å². The van der Waals surface area contributed by atoms with Gasteiger partial charge >= 0.3 is 0 Å². The fourth-order valence-electron chi connectivity index (χ4n) is 5.94. The second-order valence-corrected chi connectivity index (χ2v) is 8.48. The first-order valence-electron chi connectivity index (χ1n) is 9.89. The van der Waals surface area contributed by atoms with Gasteiger partial charge in [0.15, 0.2) is 0 Å². The summed E-state index contributed by atoms with van der Waals surface area (Å²) >= 11 is 0. The molecule has 0 N–H and O–H groups in total. The van der Waals surface area contributed by atoms with Crippen LogP contribution in [0, 0.1) is 17.3 Å². The van der Waals surface area contributed by atoms with Crippen LogP contribution in [0.25, 0.3) is 0 Å². The van der Waals surface area contributed by atoms with E-state index in [9.17, 15) is 4.79 Å². The van der Waals surface area contributed by atoms with E-state index in [1.54, 1.807) is 12.4 Å². The maximum Gasteiger partial charge on any atom is 0.145 e. The SMILES string of the molecule is C[C@]12CC[C@@H]3c4ccc(Oc5cccnc5)cc4CC[C@H]3[C@@H]1CCC2=O. The summed E-state index contributed by atoms with van der Waals surface area (Å²) in [7, 11) is 0. The lowest BCUT2D eigenvalue weighted by atomic mass is 9.55. The monoisotopic (exact) mass is 347 g/mol. The van der Waals surface area contributed by atoms with Crippen LogP contribution in [-0.2, 0) is 11.2 Å². The standard InChI is InChI=1S/C23H25NO2/c1-23-11-10-19-18-7-5-16(26-17-3-2-12-24-14-17)13-15(18)4-6-20(19)21(23)8-9-22(23)25/h2-3,5,7,12-14,19-21H,4,6,8-11H2,1H3/t19-,20-,21+,23+/m1/s1. The number of rotatable bonds is 2. The van der Waals surface area contributed by atoms with Gasteiger partial charge in [-0.2, -0.15) is 0 Å². The molecule has 1 heterocycles. The number of hydrogen-bond acceptors (Lipinski definition) is 3. The lowest BCUT2D eigenvalue weighted by Crippen LogP contribution is -2.42. The minimum atomic E-state index is -0.0397. The normalized spacial score (nSPS) is 32.5. The van der Waals surface area contributed by atoms with Gasteiger partial charge in [-0.15, -0.1) is 0 Å². The Balaban J connectivity index is 1.42. The van der Waals surface area contributed by atoms with E-state index in [-0.39, 0.29) is 5.41 Å². The Morgan fingerprint density at radius 3 is 2.88 bits per heavy atom. The molecule has 3 aliphatic carbocycles. The molecule has 1 aromatic heterocycles. The topological polar surface area (TPSA) is 39.2 Å². The third-order valence-corrected chi connectivity index (χ3v) is 7.28. The van der Waals surface area contributed by atoms with Gasteiger partial charge in [0, 0.05) is 18.0 Å². The number of ketones is 1. The summed E-state index contributed by atoms with van der Waals surface area (Å²) in [6.45, 7) is 2.24. The predicted molar refractivity (Wildman–Crippen MR) is 100 cm³/mol. The number of fused-ring (bicyclic) bond motifs is 5. The van der Waals surface area contributed by atoms with Gasteiger partial charge in [-0.25, -0.2) is 0 Å². The van der Waals surface area contributed by atoms with Gasteiger partial charge < -0.3 is 4.74 Å². The van der Waals surface area contributed by atoms with Crippen molar-refractivity contribution in [2.75, 3.05) is 0 Å². The van der Waals surface area contributed by atoms with Crippen molar-refractivity contribution >= 4 is 5.78 Å². The summed E-state index contributed by atoms with van der Waals surface area (Å²) in [5, 5.41) is 0. The van der Waals surface area contributed by atoms with Crippen LogP contribution in [0.5, 0.6) is 11.5 Å². The molecule has 0 bridgehead atoms. The molecule has 0 spiro atoms. The van der Waals surface area contributed by atoms with Crippen LogP contribution in [0.1, 0.15) is 56.1 Å². The molecule has 4 atom stereocenters. The van der Waals surface area contributed by atoms with E-state index in [0.717, 1.165) is 43.6 Å². The van der Waals surface area contributed by atoms with Crippen molar-refractivity contribution in [3.05, 3.63) is 53.9 Å². The number of benzene rings is 1. The number of hydrogen-bond donors (Lipinski definition) is 0. The molecule has 0 amide bonds. The number of nitrogens with zero attached hydrogens (tertiary/aromatic N) is 1. The van der Waals surface area contributed by atoms with Crippen molar-refractivity contribution in [1.29, 1.82) is 0 Å². The van der Waals surface area contributed by atoms with Crippen LogP contribution < -0.4 is 4.74 Å². The number of ether oxygens (including phenoxy) is 1. The lowest BCUT2D eigenvalue weighted by molar-refractivity contribution is -0.129. The van der Waals surface area contributed by atoms with Crippen molar-refractivity contribution in [3.8, 4) is 11.5 Å². The van der Waals surface area contributed by atoms with E-state index >= 15 is 0 Å². The third kappa shape index (κ3) is 2.40. The van der Waals surface area contributed by atoms with Crippen molar-refractivity contribution in [2.45, 2.75) is 51.4 Å². The first-order valence-corrected chi connectivity index (χ1v) is 9.89. The second-order valence-electron chi connectivity index (χ2n) is 8.48. The van der Waals surface area contributed by atoms with Crippen molar-refractivity contribution in [3.63, 3.8) is 0 Å². The summed E-state index contributed by atoms with van der Waals surface area (Å²) in [5.41, 5.74) is 2.89. The Morgan fingerprint density at radius 2 is 2.04 bits per heavy atom. The molecule has 2 saturated carbocycles. The molecular formula is C23H25NO2. The van der Waals surface area contributed by atoms with Crippen LogP contribution in [0.15, 0.2) is 42.7 Å². The predicted octanol–water partition coefficient (Wildman–Crippen LogP) is 5.30. The highest BCUT2D eigenvalue weighted by molar-refractivity contribution is 5.87. The first-order chi connectivity index (χ1) is 12.6. The number of carbonyl (C=O) groups excluding carboxylic acids is 1. The molecular weight excluding hydrogens is 322 g/mol. The van der Waals surface area contributed by atoms with Gasteiger partial charge in [-0.05, 0) is 85.3 Å². The molecule has 0 unspecified atom stereocenters. The molecule has 1 aromatic carbocycles. The van der Waals surface area contributed by atoms with Crippen molar-refractivity contribution in [1.82, 2.24) is 4.98 Å². The number of aryl methyl sites for hydroxylation is 1. The number of carbonyl (C=O) groups is 1.